The predicted octanol–water partition coefficient (Wildman–Crippen LogP) is 0.987. The van der Waals surface area contributed by atoms with Gasteiger partial charge in [-0.15, -0.1) is 0 Å². The molecule has 0 aliphatic rings. The van der Waals surface area contributed by atoms with E-state index in [1.807, 2.05) is 0 Å². The SMILES string of the molecule is Cc1cc(N)cc(Br)c1S(N)(=O)=O. The Bertz CT molecular complexity index is 419. The fourth-order valence-electron chi connectivity index (χ4n) is 1.12. The first-order chi connectivity index (χ1) is 5.82. The number of hydrogen-bond donors (Lipinski definition) is 2. The first-order valence-electron chi connectivity index (χ1n) is 3.41. The van der Waals surface area contributed by atoms with Gasteiger partial charge in [-0.05, 0) is 40.5 Å². The molecular formula is C7H9BrN2O2S. The van der Waals surface area contributed by atoms with Crippen LogP contribution >= 0.6 is 15.9 Å². The normalized spacial score (nSPS) is 11.6. The van der Waals surface area contributed by atoms with E-state index >= 15 is 0 Å². The van der Waals surface area contributed by atoms with Crippen LogP contribution in [0.2, 0.25) is 0 Å². The Kier molecular flexibility index (Phi) is 2.65. The molecule has 4 N–H and O–H groups in total. The second-order valence-corrected chi connectivity index (χ2v) is 5.05. The maximum absolute atomic E-state index is 11.1. The molecule has 0 amide bonds. The van der Waals surface area contributed by atoms with Crippen molar-refractivity contribution in [3.05, 3.63) is 22.2 Å². The zero-order chi connectivity index (χ0) is 10.2. The Morgan fingerprint density at radius 1 is 1.38 bits per heavy atom. The lowest BCUT2D eigenvalue weighted by molar-refractivity contribution is 0.596. The first-order valence-corrected chi connectivity index (χ1v) is 5.74. The molecule has 0 bridgehead atoms. The Balaban J connectivity index is 3.57. The molecule has 0 spiro atoms. The zero-order valence-electron chi connectivity index (χ0n) is 6.91. The quantitative estimate of drug-likeness (QED) is 0.742. The van der Waals surface area contributed by atoms with Gasteiger partial charge in [0.1, 0.15) is 0 Å². The number of rotatable bonds is 1. The summed E-state index contributed by atoms with van der Waals surface area (Å²) in [5.41, 5.74) is 6.54. The highest BCUT2D eigenvalue weighted by Gasteiger charge is 2.15. The summed E-state index contributed by atoms with van der Waals surface area (Å²) < 4.78 is 22.6. The van der Waals surface area contributed by atoms with Crippen molar-refractivity contribution in [1.82, 2.24) is 0 Å². The lowest BCUT2D eigenvalue weighted by Gasteiger charge is -2.06. The number of nitrogen functional groups attached to an aromatic ring is 1. The van der Waals surface area contributed by atoms with Crippen LogP contribution in [0.5, 0.6) is 0 Å². The van der Waals surface area contributed by atoms with Gasteiger partial charge in [0.25, 0.3) is 0 Å². The molecule has 0 atom stereocenters. The van der Waals surface area contributed by atoms with Crippen LogP contribution in [-0.4, -0.2) is 8.42 Å². The summed E-state index contributed by atoms with van der Waals surface area (Å²) >= 11 is 3.09. The fourth-order valence-corrected chi connectivity index (χ4v) is 3.21. The molecule has 1 aromatic rings. The molecule has 72 valence electrons. The van der Waals surface area contributed by atoms with Crippen molar-refractivity contribution in [1.29, 1.82) is 0 Å². The first kappa shape index (κ1) is 10.5. The summed E-state index contributed by atoms with van der Waals surface area (Å²) in [5.74, 6) is 0. The molecule has 0 saturated carbocycles. The molecule has 0 aromatic heterocycles. The van der Waals surface area contributed by atoms with E-state index in [2.05, 4.69) is 15.9 Å². The maximum atomic E-state index is 11.1. The fraction of sp³-hybridized carbons (Fsp3) is 0.143. The summed E-state index contributed by atoms with van der Waals surface area (Å²) in [6, 6.07) is 3.07. The smallest absolute Gasteiger partial charge is 0.239 e. The van der Waals surface area contributed by atoms with E-state index < -0.39 is 10.0 Å². The van der Waals surface area contributed by atoms with Gasteiger partial charge in [0.2, 0.25) is 10.0 Å². The van der Waals surface area contributed by atoms with E-state index in [-0.39, 0.29) is 4.90 Å². The average Bonchev–Trinajstić information content (AvgIpc) is 1.78. The zero-order valence-corrected chi connectivity index (χ0v) is 9.31. The van der Waals surface area contributed by atoms with Crippen molar-refractivity contribution in [2.45, 2.75) is 11.8 Å². The number of nitrogens with two attached hydrogens (primary N) is 2. The second kappa shape index (κ2) is 3.28. The highest BCUT2D eigenvalue weighted by atomic mass is 79.9. The van der Waals surface area contributed by atoms with Gasteiger partial charge in [-0.25, -0.2) is 13.6 Å². The molecule has 13 heavy (non-hydrogen) atoms. The van der Waals surface area contributed by atoms with Crippen LogP contribution in [0.25, 0.3) is 0 Å². The molecule has 0 radical (unpaired) electrons. The van der Waals surface area contributed by atoms with E-state index in [9.17, 15) is 8.42 Å². The topological polar surface area (TPSA) is 86.2 Å². The van der Waals surface area contributed by atoms with Crippen LogP contribution < -0.4 is 10.9 Å². The Labute approximate surface area is 85.1 Å². The van der Waals surface area contributed by atoms with Gasteiger partial charge in [-0.2, -0.15) is 0 Å². The standard InChI is InChI=1S/C7H9BrN2O2S/c1-4-2-5(9)3-6(8)7(4)13(10,11)12/h2-3H,9H2,1H3,(H2,10,11,12). The van der Waals surface area contributed by atoms with E-state index in [0.29, 0.717) is 15.7 Å². The highest BCUT2D eigenvalue weighted by Crippen LogP contribution is 2.26. The monoisotopic (exact) mass is 264 g/mol. The third-order valence-electron chi connectivity index (χ3n) is 1.54. The molecule has 0 saturated heterocycles. The number of sulfonamides is 1. The largest absolute Gasteiger partial charge is 0.399 e. The molecule has 1 rings (SSSR count). The summed E-state index contributed by atoms with van der Waals surface area (Å²) in [5, 5.41) is 5.01. The molecule has 0 aliphatic carbocycles. The third kappa shape index (κ3) is 2.20. The van der Waals surface area contributed by atoms with E-state index in [1.54, 1.807) is 13.0 Å². The number of anilines is 1. The van der Waals surface area contributed by atoms with Gasteiger partial charge in [0.05, 0.1) is 4.90 Å². The third-order valence-corrected chi connectivity index (χ3v) is 3.53. The van der Waals surface area contributed by atoms with Crippen LogP contribution in [0.4, 0.5) is 5.69 Å². The predicted molar refractivity (Wildman–Crippen MR) is 54.7 cm³/mol. The molecule has 0 fully saturated rings. The molecule has 0 heterocycles. The van der Waals surface area contributed by atoms with E-state index in [0.717, 1.165) is 0 Å². The minimum Gasteiger partial charge on any atom is -0.399 e. The molecule has 1 aromatic carbocycles. The van der Waals surface area contributed by atoms with Gasteiger partial charge in [-0.1, -0.05) is 0 Å². The number of halogens is 1. The molecule has 0 unspecified atom stereocenters. The number of primary sulfonamides is 1. The van der Waals surface area contributed by atoms with Crippen molar-refractivity contribution in [3.63, 3.8) is 0 Å². The van der Waals surface area contributed by atoms with Crippen LogP contribution in [0, 0.1) is 6.92 Å². The number of aryl methyl sites for hydroxylation is 1. The Hall–Kier alpha value is -0.590. The van der Waals surface area contributed by atoms with Gasteiger partial charge in [-0.3, -0.25) is 0 Å². The molecule has 4 nitrogen and oxygen atoms in total. The van der Waals surface area contributed by atoms with Crippen LogP contribution in [0.3, 0.4) is 0 Å². The Morgan fingerprint density at radius 3 is 2.31 bits per heavy atom. The van der Waals surface area contributed by atoms with Crippen molar-refractivity contribution in [3.8, 4) is 0 Å². The Morgan fingerprint density at radius 2 is 1.92 bits per heavy atom. The lowest BCUT2D eigenvalue weighted by atomic mass is 10.2. The van der Waals surface area contributed by atoms with Crippen molar-refractivity contribution in [2.75, 3.05) is 5.73 Å². The summed E-state index contributed by atoms with van der Waals surface area (Å²) in [4.78, 5) is 0.0849. The van der Waals surface area contributed by atoms with Gasteiger partial charge in [0, 0.05) is 10.2 Å². The van der Waals surface area contributed by atoms with Crippen LogP contribution in [-0.2, 0) is 10.0 Å². The number of hydrogen-bond acceptors (Lipinski definition) is 3. The molecule has 0 aliphatic heterocycles. The van der Waals surface area contributed by atoms with E-state index in [1.165, 1.54) is 6.07 Å². The second-order valence-electron chi connectivity index (χ2n) is 2.69. The maximum Gasteiger partial charge on any atom is 0.239 e. The van der Waals surface area contributed by atoms with E-state index in [4.69, 9.17) is 10.9 Å². The van der Waals surface area contributed by atoms with Crippen molar-refractivity contribution in [2.24, 2.45) is 5.14 Å². The minimum atomic E-state index is -3.68. The molecule has 6 heteroatoms. The van der Waals surface area contributed by atoms with Gasteiger partial charge < -0.3 is 5.73 Å². The molecular weight excluding hydrogens is 256 g/mol. The van der Waals surface area contributed by atoms with Crippen molar-refractivity contribution >= 4 is 31.6 Å². The summed E-state index contributed by atoms with van der Waals surface area (Å²) in [6.45, 7) is 1.64. The van der Waals surface area contributed by atoms with Crippen molar-refractivity contribution < 1.29 is 8.42 Å². The van der Waals surface area contributed by atoms with Gasteiger partial charge >= 0.3 is 0 Å². The highest BCUT2D eigenvalue weighted by molar-refractivity contribution is 9.10. The summed E-state index contributed by atoms with van der Waals surface area (Å²) in [7, 11) is -3.68. The number of benzene rings is 1. The van der Waals surface area contributed by atoms with Gasteiger partial charge in [0.15, 0.2) is 0 Å². The average molecular weight is 265 g/mol. The minimum absolute atomic E-state index is 0.0849. The lowest BCUT2D eigenvalue weighted by Crippen LogP contribution is -2.14. The summed E-state index contributed by atoms with van der Waals surface area (Å²) in [6.07, 6.45) is 0. The van der Waals surface area contributed by atoms with Crippen LogP contribution in [0.15, 0.2) is 21.5 Å². The van der Waals surface area contributed by atoms with Crippen LogP contribution in [0.1, 0.15) is 5.56 Å².